The molecule has 2 rings (SSSR count). The van der Waals surface area contributed by atoms with E-state index in [4.69, 9.17) is 15.5 Å². The van der Waals surface area contributed by atoms with E-state index >= 15 is 0 Å². The highest BCUT2D eigenvalue weighted by atomic mass is 31.2. The average molecular weight is 345 g/mol. The Kier molecular flexibility index (Phi) is 4.09. The molecule has 0 aromatic carbocycles. The number of aromatic nitrogens is 2. The van der Waals surface area contributed by atoms with Crippen LogP contribution in [0.25, 0.3) is 0 Å². The number of rotatable bonds is 3. The van der Waals surface area contributed by atoms with Gasteiger partial charge in [0.1, 0.15) is 12.2 Å². The lowest BCUT2D eigenvalue weighted by atomic mass is 10.1. The summed E-state index contributed by atoms with van der Waals surface area (Å²) in [5.74, 6) is -6.18. The van der Waals surface area contributed by atoms with Crippen LogP contribution in [0.4, 0.5) is 19.0 Å². The van der Waals surface area contributed by atoms with E-state index in [0.29, 0.717) is 6.20 Å². The van der Waals surface area contributed by atoms with Crippen molar-refractivity contribution in [2.24, 2.45) is 0 Å². The highest BCUT2D eigenvalue weighted by Gasteiger charge is 2.60. The molecular formula is C9H11F3N3O6P. The van der Waals surface area contributed by atoms with E-state index in [1.54, 1.807) is 0 Å². The van der Waals surface area contributed by atoms with E-state index in [-0.39, 0.29) is 4.57 Å². The van der Waals surface area contributed by atoms with E-state index in [0.717, 1.165) is 0 Å². The van der Waals surface area contributed by atoms with Crippen LogP contribution in [0.5, 0.6) is 0 Å². The molecule has 0 bridgehead atoms. The molecular weight excluding hydrogens is 334 g/mol. The second-order valence-electron chi connectivity index (χ2n) is 4.66. The highest BCUT2D eigenvalue weighted by Crippen LogP contribution is 2.47. The highest BCUT2D eigenvalue weighted by molar-refractivity contribution is 7.51. The molecule has 0 saturated carbocycles. The molecule has 13 heteroatoms. The summed E-state index contributed by atoms with van der Waals surface area (Å²) in [4.78, 5) is 32.0. The zero-order valence-corrected chi connectivity index (χ0v) is 11.5. The molecule has 1 saturated heterocycles. The first-order chi connectivity index (χ1) is 9.93. The van der Waals surface area contributed by atoms with Crippen molar-refractivity contribution >= 4 is 13.4 Å². The molecule has 124 valence electrons. The third kappa shape index (κ3) is 3.01. The fourth-order valence-corrected chi connectivity index (χ4v) is 2.73. The molecule has 1 aromatic rings. The SMILES string of the molecule is Nc1nc(=O)n([C@@H]2O[C@H](CP(=O)(O)O)[C@@H](O)C2(F)F)cc1F. The smallest absolute Gasteiger partial charge is 0.352 e. The Bertz CT molecular complexity index is 692. The molecule has 1 aromatic heterocycles. The van der Waals surface area contributed by atoms with Crippen molar-refractivity contribution in [2.75, 3.05) is 11.9 Å². The number of alkyl halides is 2. The predicted octanol–water partition coefficient (Wildman–Crippen LogP) is -0.964. The summed E-state index contributed by atoms with van der Waals surface area (Å²) in [6, 6.07) is 0. The maximum absolute atomic E-state index is 14.0. The largest absolute Gasteiger partial charge is 0.384 e. The Labute approximate surface area is 120 Å². The fraction of sp³-hybridized carbons (Fsp3) is 0.556. The zero-order valence-electron chi connectivity index (χ0n) is 10.6. The van der Waals surface area contributed by atoms with E-state index < -0.39 is 55.4 Å². The maximum Gasteiger partial charge on any atom is 0.352 e. The van der Waals surface area contributed by atoms with Crippen LogP contribution < -0.4 is 11.4 Å². The first-order valence-electron chi connectivity index (χ1n) is 5.73. The normalized spacial score (nSPS) is 28.0. The molecule has 1 aliphatic rings. The van der Waals surface area contributed by atoms with Crippen LogP contribution in [0.15, 0.2) is 11.0 Å². The maximum atomic E-state index is 14.0. The zero-order chi connectivity index (χ0) is 16.9. The molecule has 0 aliphatic carbocycles. The lowest BCUT2D eigenvalue weighted by Gasteiger charge is -2.21. The molecule has 22 heavy (non-hydrogen) atoms. The van der Waals surface area contributed by atoms with Gasteiger partial charge < -0.3 is 25.4 Å². The summed E-state index contributed by atoms with van der Waals surface area (Å²) in [7, 11) is -4.77. The summed E-state index contributed by atoms with van der Waals surface area (Å²) in [5.41, 5.74) is 3.65. The van der Waals surface area contributed by atoms with Gasteiger partial charge in [0.05, 0.1) is 12.4 Å². The van der Waals surface area contributed by atoms with Crippen molar-refractivity contribution in [2.45, 2.75) is 24.4 Å². The third-order valence-electron chi connectivity index (χ3n) is 2.98. The Balaban J connectivity index is 2.42. The number of halogens is 3. The minimum absolute atomic E-state index is 0.0641. The quantitative estimate of drug-likeness (QED) is 0.512. The van der Waals surface area contributed by atoms with Crippen LogP contribution in [-0.2, 0) is 9.30 Å². The lowest BCUT2D eigenvalue weighted by Crippen LogP contribution is -2.42. The van der Waals surface area contributed by atoms with Gasteiger partial charge in [-0.15, -0.1) is 0 Å². The van der Waals surface area contributed by atoms with Crippen molar-refractivity contribution in [3.05, 3.63) is 22.5 Å². The number of anilines is 1. The fourth-order valence-electron chi connectivity index (χ4n) is 1.98. The van der Waals surface area contributed by atoms with Gasteiger partial charge in [-0.2, -0.15) is 13.8 Å². The number of hydrogen-bond acceptors (Lipinski definition) is 6. The third-order valence-corrected chi connectivity index (χ3v) is 3.82. The number of ether oxygens (including phenoxy) is 1. The summed E-state index contributed by atoms with van der Waals surface area (Å²) < 4.78 is 56.8. The minimum atomic E-state index is -4.77. The van der Waals surface area contributed by atoms with Crippen LogP contribution in [0.3, 0.4) is 0 Å². The number of hydrogen-bond donors (Lipinski definition) is 4. The van der Waals surface area contributed by atoms with Crippen molar-refractivity contribution < 1.29 is 37.4 Å². The standard InChI is InChI=1S/C9H11F3N3O6P/c10-3-1-15(8(17)14-6(3)13)7-9(11,12)5(16)4(21-7)2-22(18,19)20/h1,4-5,7,16H,2H2,(H2,13,14,17)(H2,18,19,20)/t4-,5-,7-/m1/s1. The van der Waals surface area contributed by atoms with Gasteiger partial charge in [-0.1, -0.05) is 0 Å². The summed E-state index contributed by atoms with van der Waals surface area (Å²) >= 11 is 0. The summed E-state index contributed by atoms with van der Waals surface area (Å²) in [6.07, 6.45) is -7.91. The monoisotopic (exact) mass is 345 g/mol. The van der Waals surface area contributed by atoms with Crippen molar-refractivity contribution in [3.8, 4) is 0 Å². The Morgan fingerprint density at radius 2 is 2.09 bits per heavy atom. The van der Waals surface area contributed by atoms with Crippen LogP contribution in [-0.4, -0.2) is 48.7 Å². The van der Waals surface area contributed by atoms with Gasteiger partial charge in [0.25, 0.3) is 0 Å². The molecule has 0 radical (unpaired) electrons. The molecule has 3 atom stereocenters. The van der Waals surface area contributed by atoms with Gasteiger partial charge in [-0.05, 0) is 0 Å². The number of aliphatic hydroxyl groups excluding tert-OH is 1. The van der Waals surface area contributed by atoms with Gasteiger partial charge in [0.15, 0.2) is 11.6 Å². The first-order valence-corrected chi connectivity index (χ1v) is 7.53. The molecule has 0 unspecified atom stereocenters. The summed E-state index contributed by atoms with van der Waals surface area (Å²) in [5, 5.41) is 9.45. The van der Waals surface area contributed by atoms with E-state index in [1.165, 1.54) is 0 Å². The van der Waals surface area contributed by atoms with E-state index in [9.17, 15) is 27.6 Å². The van der Waals surface area contributed by atoms with Gasteiger partial charge in [-0.25, -0.2) is 9.18 Å². The first kappa shape index (κ1) is 16.9. The Hall–Kier alpha value is -1.46. The molecule has 1 aliphatic heterocycles. The van der Waals surface area contributed by atoms with Crippen molar-refractivity contribution in [1.82, 2.24) is 9.55 Å². The molecule has 2 heterocycles. The van der Waals surface area contributed by atoms with Crippen LogP contribution in [0.1, 0.15) is 6.23 Å². The topological polar surface area (TPSA) is 148 Å². The predicted molar refractivity (Wildman–Crippen MR) is 64.6 cm³/mol. The average Bonchev–Trinajstić information content (AvgIpc) is 2.56. The summed E-state index contributed by atoms with van der Waals surface area (Å²) in [6.45, 7) is 0. The Morgan fingerprint density at radius 1 is 1.50 bits per heavy atom. The van der Waals surface area contributed by atoms with Crippen molar-refractivity contribution in [3.63, 3.8) is 0 Å². The van der Waals surface area contributed by atoms with E-state index in [2.05, 4.69) is 9.72 Å². The molecule has 9 nitrogen and oxygen atoms in total. The van der Waals surface area contributed by atoms with Crippen LogP contribution in [0.2, 0.25) is 0 Å². The second-order valence-corrected chi connectivity index (χ2v) is 6.35. The number of aliphatic hydroxyl groups is 1. The van der Waals surface area contributed by atoms with Crippen LogP contribution in [0, 0.1) is 5.82 Å². The lowest BCUT2D eigenvalue weighted by molar-refractivity contribution is -0.140. The van der Waals surface area contributed by atoms with Crippen LogP contribution >= 0.6 is 7.60 Å². The van der Waals surface area contributed by atoms with Gasteiger partial charge in [0, 0.05) is 0 Å². The van der Waals surface area contributed by atoms with Gasteiger partial charge in [0.2, 0.25) is 6.23 Å². The van der Waals surface area contributed by atoms with E-state index in [1.807, 2.05) is 0 Å². The molecule has 0 amide bonds. The second kappa shape index (κ2) is 5.32. The number of nitrogens with two attached hydrogens (primary N) is 1. The minimum Gasteiger partial charge on any atom is -0.384 e. The molecule has 0 spiro atoms. The molecule has 5 N–H and O–H groups in total. The van der Waals surface area contributed by atoms with Crippen molar-refractivity contribution in [1.29, 1.82) is 0 Å². The number of nitrogen functional groups attached to an aromatic ring is 1. The Morgan fingerprint density at radius 3 is 2.64 bits per heavy atom. The van der Waals surface area contributed by atoms with Gasteiger partial charge >= 0.3 is 19.2 Å². The molecule has 1 fully saturated rings. The number of nitrogens with zero attached hydrogens (tertiary/aromatic N) is 2. The van der Waals surface area contributed by atoms with Gasteiger partial charge in [-0.3, -0.25) is 9.13 Å².